The van der Waals surface area contributed by atoms with Crippen LogP contribution in [-0.4, -0.2) is 50.5 Å². The number of rotatable bonds is 5. The second kappa shape index (κ2) is 13.0. The van der Waals surface area contributed by atoms with Crippen LogP contribution in [0.15, 0.2) is 35.8 Å². The SMILES string of the molecule is C=CC(=O)N1[C@H](C)CN(c2c(C#N)c(=O)n(-c3c(C)ccnc3C(C)C)c3nc(-c4c(F)c(N)c(Cl)c(Cl)c4Cl)c(Cl)cc23)C[C@@H]1C. The molecule has 4 heterocycles. The lowest BCUT2D eigenvalue weighted by atomic mass is 10.0. The molecule has 244 valence electrons. The Morgan fingerprint density at radius 1 is 1.15 bits per heavy atom. The molecule has 1 amide bonds. The van der Waals surface area contributed by atoms with Crippen molar-refractivity contribution in [2.24, 2.45) is 0 Å². The van der Waals surface area contributed by atoms with Gasteiger partial charge in [0.25, 0.3) is 5.56 Å². The first-order chi connectivity index (χ1) is 22.2. The molecule has 1 aliphatic rings. The zero-order valence-electron chi connectivity index (χ0n) is 26.1. The highest BCUT2D eigenvalue weighted by atomic mass is 35.5. The molecule has 0 saturated carbocycles. The Balaban J connectivity index is 1.95. The summed E-state index contributed by atoms with van der Waals surface area (Å²) < 4.78 is 17.1. The van der Waals surface area contributed by atoms with Gasteiger partial charge in [-0.1, -0.05) is 66.8 Å². The van der Waals surface area contributed by atoms with Gasteiger partial charge in [0.2, 0.25) is 5.91 Å². The Morgan fingerprint density at radius 2 is 1.79 bits per heavy atom. The van der Waals surface area contributed by atoms with Crippen molar-refractivity contribution in [1.29, 1.82) is 5.26 Å². The Hall–Kier alpha value is -3.88. The number of amides is 1. The molecule has 4 aromatic rings. The molecular weight excluding hydrogens is 687 g/mol. The number of aryl methyl sites for hydroxylation is 1. The van der Waals surface area contributed by atoms with Crippen molar-refractivity contribution >= 4 is 74.7 Å². The number of nitriles is 1. The number of hydrogen-bond donors (Lipinski definition) is 1. The molecule has 47 heavy (non-hydrogen) atoms. The molecule has 1 saturated heterocycles. The monoisotopic (exact) mass is 715 g/mol. The number of piperazine rings is 1. The van der Waals surface area contributed by atoms with E-state index in [1.54, 1.807) is 17.2 Å². The first-order valence-electron chi connectivity index (χ1n) is 14.6. The smallest absolute Gasteiger partial charge is 0.276 e. The maximum atomic E-state index is 15.8. The van der Waals surface area contributed by atoms with Crippen LogP contribution < -0.4 is 16.2 Å². The van der Waals surface area contributed by atoms with Crippen molar-refractivity contribution < 1.29 is 9.18 Å². The zero-order valence-corrected chi connectivity index (χ0v) is 29.2. The van der Waals surface area contributed by atoms with Crippen LogP contribution in [0.25, 0.3) is 28.0 Å². The summed E-state index contributed by atoms with van der Waals surface area (Å²) in [4.78, 5) is 40.2. The summed E-state index contributed by atoms with van der Waals surface area (Å²) >= 11 is 25.8. The molecule has 0 bridgehead atoms. The third kappa shape index (κ3) is 5.59. The van der Waals surface area contributed by atoms with Crippen LogP contribution in [0.2, 0.25) is 20.1 Å². The summed E-state index contributed by atoms with van der Waals surface area (Å²) in [6.45, 7) is 13.6. The van der Waals surface area contributed by atoms with Crippen molar-refractivity contribution in [2.45, 2.75) is 52.6 Å². The summed E-state index contributed by atoms with van der Waals surface area (Å²) in [7, 11) is 0. The minimum Gasteiger partial charge on any atom is -0.395 e. The van der Waals surface area contributed by atoms with Gasteiger partial charge in [-0.15, -0.1) is 0 Å². The van der Waals surface area contributed by atoms with Crippen LogP contribution in [0.1, 0.15) is 50.4 Å². The molecule has 9 nitrogen and oxygen atoms in total. The van der Waals surface area contributed by atoms with Crippen LogP contribution in [-0.2, 0) is 4.79 Å². The summed E-state index contributed by atoms with van der Waals surface area (Å²) in [5.74, 6) is -1.36. The van der Waals surface area contributed by atoms with Crippen LogP contribution >= 0.6 is 46.4 Å². The fraction of sp³-hybridized carbons (Fsp3) is 0.303. The van der Waals surface area contributed by atoms with E-state index in [-0.39, 0.29) is 85.2 Å². The number of carbonyl (C=O) groups is 1. The van der Waals surface area contributed by atoms with Crippen LogP contribution in [0.4, 0.5) is 15.8 Å². The first kappa shape index (κ1) is 34.5. The molecule has 5 rings (SSSR count). The highest BCUT2D eigenvalue weighted by Crippen LogP contribution is 2.46. The quantitative estimate of drug-likeness (QED) is 0.0973. The van der Waals surface area contributed by atoms with E-state index in [0.717, 1.165) is 0 Å². The molecule has 0 unspecified atom stereocenters. The van der Waals surface area contributed by atoms with Gasteiger partial charge in [-0.2, -0.15) is 5.26 Å². The third-order valence-corrected chi connectivity index (χ3v) is 9.94. The summed E-state index contributed by atoms with van der Waals surface area (Å²) in [6, 6.07) is 4.75. The van der Waals surface area contributed by atoms with Crippen molar-refractivity contribution in [3.8, 4) is 23.0 Å². The highest BCUT2D eigenvalue weighted by molar-refractivity contribution is 6.50. The average molecular weight is 717 g/mol. The molecule has 0 radical (unpaired) electrons. The molecular formula is C33H30Cl4FN7O2. The number of benzene rings is 1. The van der Waals surface area contributed by atoms with E-state index in [4.69, 9.17) is 57.1 Å². The normalized spacial score (nSPS) is 16.6. The number of nitrogens with two attached hydrogens (primary N) is 1. The highest BCUT2D eigenvalue weighted by Gasteiger charge is 2.36. The van der Waals surface area contributed by atoms with E-state index in [9.17, 15) is 14.9 Å². The van der Waals surface area contributed by atoms with Crippen LogP contribution in [0.5, 0.6) is 0 Å². The van der Waals surface area contributed by atoms with Crippen molar-refractivity contribution in [3.05, 3.63) is 84.1 Å². The van der Waals surface area contributed by atoms with E-state index in [2.05, 4.69) is 17.6 Å². The predicted octanol–water partition coefficient (Wildman–Crippen LogP) is 7.70. The number of pyridine rings is 3. The molecule has 1 fully saturated rings. The second-order valence-electron chi connectivity index (χ2n) is 11.8. The van der Waals surface area contributed by atoms with Crippen molar-refractivity contribution in [1.82, 2.24) is 19.4 Å². The zero-order chi connectivity index (χ0) is 34.6. The number of halogens is 5. The maximum Gasteiger partial charge on any atom is 0.276 e. The Morgan fingerprint density at radius 3 is 2.36 bits per heavy atom. The number of nitrogens with zero attached hydrogens (tertiary/aromatic N) is 6. The van der Waals surface area contributed by atoms with Crippen molar-refractivity contribution in [3.63, 3.8) is 0 Å². The third-order valence-electron chi connectivity index (χ3n) is 8.31. The molecule has 1 aliphatic heterocycles. The van der Waals surface area contributed by atoms with Gasteiger partial charge in [-0.05, 0) is 50.5 Å². The van der Waals surface area contributed by atoms with Gasteiger partial charge in [0.1, 0.15) is 17.3 Å². The van der Waals surface area contributed by atoms with Crippen LogP contribution in [0.3, 0.4) is 0 Å². The number of aromatic nitrogens is 3. The lowest BCUT2D eigenvalue weighted by Gasteiger charge is -2.45. The van der Waals surface area contributed by atoms with Gasteiger partial charge in [-0.25, -0.2) is 9.37 Å². The Bertz CT molecular complexity index is 2050. The summed E-state index contributed by atoms with van der Waals surface area (Å²) in [5, 5.41) is 10.1. The minimum absolute atomic E-state index is 0.0556. The van der Waals surface area contributed by atoms with E-state index in [1.165, 1.54) is 16.7 Å². The molecule has 0 aliphatic carbocycles. The van der Waals surface area contributed by atoms with E-state index in [1.807, 2.05) is 39.5 Å². The molecule has 1 aromatic carbocycles. The largest absolute Gasteiger partial charge is 0.395 e. The lowest BCUT2D eigenvalue weighted by molar-refractivity contribution is -0.130. The topological polar surface area (TPSA) is 121 Å². The van der Waals surface area contributed by atoms with E-state index >= 15 is 4.39 Å². The molecule has 14 heteroatoms. The molecule has 2 N–H and O–H groups in total. The van der Waals surface area contributed by atoms with Gasteiger partial charge in [0, 0.05) is 36.8 Å². The van der Waals surface area contributed by atoms with E-state index < -0.39 is 17.1 Å². The summed E-state index contributed by atoms with van der Waals surface area (Å²) in [6.07, 6.45) is 2.89. The minimum atomic E-state index is -0.994. The van der Waals surface area contributed by atoms with Gasteiger partial charge >= 0.3 is 0 Å². The number of hydrogen-bond acceptors (Lipinski definition) is 7. The molecule has 3 aromatic heterocycles. The lowest BCUT2D eigenvalue weighted by Crippen LogP contribution is -2.58. The standard InChI is InChI=1S/C33H30Cl4FN7O2/c1-7-21(46)44-16(5)12-43(13-17(44)6)31-18-10-20(34)29(22-23(35)24(36)25(37)27(40)26(22)38)42-32(18)45(33(47)19(31)11-39)30-15(4)8-9-41-28(30)14(2)3/h7-10,14,16-17H,1,12-13,40H2,2-6H3/t16-,17+. The van der Waals surface area contributed by atoms with Crippen molar-refractivity contribution in [2.75, 3.05) is 23.7 Å². The summed E-state index contributed by atoms with van der Waals surface area (Å²) in [5.41, 5.74) is 6.23. The molecule has 0 spiro atoms. The van der Waals surface area contributed by atoms with Gasteiger partial charge < -0.3 is 15.5 Å². The number of anilines is 2. The van der Waals surface area contributed by atoms with Gasteiger partial charge in [0.05, 0.1) is 54.1 Å². The predicted molar refractivity (Wildman–Crippen MR) is 187 cm³/mol. The maximum absolute atomic E-state index is 15.8. The fourth-order valence-electron chi connectivity index (χ4n) is 6.27. The Labute approximate surface area is 290 Å². The average Bonchev–Trinajstić information content (AvgIpc) is 3.02. The fourth-order valence-corrected chi connectivity index (χ4v) is 7.20. The van der Waals surface area contributed by atoms with Crippen LogP contribution in [0, 0.1) is 24.1 Å². The van der Waals surface area contributed by atoms with Gasteiger partial charge in [0.15, 0.2) is 5.82 Å². The number of nitrogen functional groups attached to an aromatic ring is 1. The number of carbonyl (C=O) groups excluding carboxylic acids is 1. The van der Waals surface area contributed by atoms with E-state index in [0.29, 0.717) is 22.3 Å². The molecule has 2 atom stereocenters. The second-order valence-corrected chi connectivity index (χ2v) is 13.3. The first-order valence-corrected chi connectivity index (χ1v) is 16.1. The Kier molecular flexibility index (Phi) is 9.50. The number of fused-ring (bicyclic) bond motifs is 1. The van der Waals surface area contributed by atoms with Gasteiger partial charge in [-0.3, -0.25) is 19.1 Å².